The number of rotatable bonds is 6. The van der Waals surface area contributed by atoms with E-state index in [-0.39, 0.29) is 0 Å². The predicted molar refractivity (Wildman–Crippen MR) is 106 cm³/mol. The highest BCUT2D eigenvalue weighted by Crippen LogP contribution is 2.26. The molecule has 0 saturated carbocycles. The van der Waals surface area contributed by atoms with Crippen molar-refractivity contribution in [2.45, 2.75) is 19.3 Å². The van der Waals surface area contributed by atoms with Crippen LogP contribution in [0.4, 0.5) is 11.5 Å². The molecule has 0 amide bonds. The van der Waals surface area contributed by atoms with Gasteiger partial charge in [-0.2, -0.15) is 12.7 Å². The summed E-state index contributed by atoms with van der Waals surface area (Å²) in [6.07, 6.45) is 5.19. The summed E-state index contributed by atoms with van der Waals surface area (Å²) in [7, 11) is -0.554. The van der Waals surface area contributed by atoms with E-state index >= 15 is 0 Å². The van der Waals surface area contributed by atoms with Gasteiger partial charge in [0.1, 0.15) is 5.82 Å². The Labute approximate surface area is 156 Å². The maximum absolute atomic E-state index is 11.8. The molecule has 6 nitrogen and oxygen atoms in total. The maximum Gasteiger partial charge on any atom is 0.302 e. The lowest BCUT2D eigenvalue weighted by Crippen LogP contribution is -2.34. The highest BCUT2D eigenvalue weighted by atomic mass is 32.2. The molecule has 0 spiro atoms. The molecule has 140 valence electrons. The van der Waals surface area contributed by atoms with Gasteiger partial charge < -0.3 is 4.90 Å². The molecule has 1 aliphatic rings. The average Bonchev–Trinajstić information content (AvgIpc) is 2.63. The Morgan fingerprint density at radius 2 is 1.81 bits per heavy atom. The highest BCUT2D eigenvalue weighted by Gasteiger charge is 2.20. The number of benzene rings is 1. The molecule has 7 heteroatoms. The van der Waals surface area contributed by atoms with Crippen molar-refractivity contribution in [1.82, 2.24) is 9.29 Å². The fourth-order valence-electron chi connectivity index (χ4n) is 3.20. The van der Waals surface area contributed by atoms with Crippen LogP contribution in [-0.2, 0) is 16.6 Å². The molecule has 0 atom stereocenters. The quantitative estimate of drug-likeness (QED) is 0.844. The van der Waals surface area contributed by atoms with Gasteiger partial charge in [0.05, 0.1) is 11.9 Å². The third-order valence-corrected chi connectivity index (χ3v) is 6.24. The number of nitrogens with one attached hydrogen (secondary N) is 1. The van der Waals surface area contributed by atoms with Crippen LogP contribution in [0.5, 0.6) is 0 Å². The molecule has 2 heterocycles. The van der Waals surface area contributed by atoms with E-state index in [1.165, 1.54) is 19.7 Å². The van der Waals surface area contributed by atoms with Crippen LogP contribution in [0, 0.1) is 5.92 Å². The summed E-state index contributed by atoms with van der Waals surface area (Å²) in [5, 5.41) is 0. The highest BCUT2D eigenvalue weighted by molar-refractivity contribution is 7.90. The Balaban J connectivity index is 1.55. The van der Waals surface area contributed by atoms with E-state index in [1.807, 2.05) is 6.07 Å². The van der Waals surface area contributed by atoms with E-state index in [2.05, 4.69) is 44.9 Å². The first-order chi connectivity index (χ1) is 12.4. The van der Waals surface area contributed by atoms with Gasteiger partial charge in [0.25, 0.3) is 0 Å². The number of hydrogen-bond acceptors (Lipinski definition) is 4. The molecule has 1 aromatic carbocycles. The molecule has 1 N–H and O–H groups in total. The molecule has 1 aromatic heterocycles. The number of piperidine rings is 1. The number of anilines is 2. The minimum Gasteiger partial charge on any atom is -0.370 e. The molecule has 26 heavy (non-hydrogen) atoms. The summed E-state index contributed by atoms with van der Waals surface area (Å²) in [4.78, 5) is 6.57. The Morgan fingerprint density at radius 1 is 1.12 bits per heavy atom. The third-order valence-electron chi connectivity index (χ3n) is 4.81. The van der Waals surface area contributed by atoms with Crippen LogP contribution in [0.2, 0.25) is 0 Å². The van der Waals surface area contributed by atoms with Crippen LogP contribution in [-0.4, -0.2) is 44.9 Å². The van der Waals surface area contributed by atoms with Crippen molar-refractivity contribution >= 4 is 21.7 Å². The maximum atomic E-state index is 11.8. The van der Waals surface area contributed by atoms with Crippen molar-refractivity contribution in [3.8, 4) is 0 Å². The van der Waals surface area contributed by atoms with Crippen LogP contribution < -0.4 is 9.62 Å². The first-order valence-electron chi connectivity index (χ1n) is 8.89. The van der Waals surface area contributed by atoms with Crippen LogP contribution in [0.3, 0.4) is 0 Å². The van der Waals surface area contributed by atoms with E-state index in [0.29, 0.717) is 11.7 Å². The fraction of sp³-hybridized carbons (Fsp3) is 0.421. The smallest absolute Gasteiger partial charge is 0.302 e. The summed E-state index contributed by atoms with van der Waals surface area (Å²) in [5.41, 5.74) is 2.45. The van der Waals surface area contributed by atoms with Gasteiger partial charge in [0, 0.05) is 27.2 Å². The lowest BCUT2D eigenvalue weighted by atomic mass is 9.90. The van der Waals surface area contributed by atoms with E-state index in [4.69, 9.17) is 0 Å². The van der Waals surface area contributed by atoms with Gasteiger partial charge in [-0.25, -0.2) is 4.98 Å². The van der Waals surface area contributed by atoms with Crippen LogP contribution in [0.1, 0.15) is 18.4 Å². The summed E-state index contributed by atoms with van der Waals surface area (Å²) >= 11 is 0. The SMILES string of the molecule is CN(C)S(=O)(=O)Nc1ccc(N2CCC(Cc3ccccc3)CC2)cn1. The predicted octanol–water partition coefficient (Wildman–Crippen LogP) is 2.76. The molecule has 0 bridgehead atoms. The molecule has 1 saturated heterocycles. The van der Waals surface area contributed by atoms with Gasteiger partial charge >= 0.3 is 10.2 Å². The second-order valence-electron chi connectivity index (χ2n) is 6.91. The molecule has 0 unspecified atom stereocenters. The summed E-state index contributed by atoms with van der Waals surface area (Å²) in [6, 6.07) is 14.3. The zero-order valence-electron chi connectivity index (χ0n) is 15.3. The minimum absolute atomic E-state index is 0.335. The van der Waals surface area contributed by atoms with Crippen molar-refractivity contribution in [3.63, 3.8) is 0 Å². The first-order valence-corrected chi connectivity index (χ1v) is 10.3. The van der Waals surface area contributed by atoms with Crippen molar-refractivity contribution in [1.29, 1.82) is 0 Å². The number of nitrogens with zero attached hydrogens (tertiary/aromatic N) is 3. The lowest BCUT2D eigenvalue weighted by Gasteiger charge is -2.33. The number of pyridine rings is 1. The van der Waals surface area contributed by atoms with Crippen LogP contribution >= 0.6 is 0 Å². The summed E-state index contributed by atoms with van der Waals surface area (Å²) in [5.74, 6) is 1.05. The molecule has 0 aliphatic carbocycles. The topological polar surface area (TPSA) is 65.5 Å². The van der Waals surface area contributed by atoms with Crippen LogP contribution in [0.25, 0.3) is 0 Å². The Morgan fingerprint density at radius 3 is 2.38 bits per heavy atom. The lowest BCUT2D eigenvalue weighted by molar-refractivity contribution is 0.403. The van der Waals surface area contributed by atoms with E-state index in [9.17, 15) is 8.42 Å². The summed E-state index contributed by atoms with van der Waals surface area (Å²) in [6.45, 7) is 2.00. The van der Waals surface area contributed by atoms with E-state index in [0.717, 1.165) is 42.3 Å². The molecule has 1 aliphatic heterocycles. The second-order valence-corrected chi connectivity index (χ2v) is 8.80. The number of aromatic nitrogens is 1. The van der Waals surface area contributed by atoms with Gasteiger partial charge in [0.15, 0.2) is 0 Å². The molecular weight excluding hydrogens is 348 g/mol. The van der Waals surface area contributed by atoms with Gasteiger partial charge in [-0.1, -0.05) is 30.3 Å². The average molecular weight is 375 g/mol. The number of hydrogen-bond donors (Lipinski definition) is 1. The van der Waals surface area contributed by atoms with Crippen molar-refractivity contribution < 1.29 is 8.42 Å². The Kier molecular flexibility index (Phi) is 5.78. The third kappa shape index (κ3) is 4.74. The van der Waals surface area contributed by atoms with Gasteiger partial charge in [-0.3, -0.25) is 4.72 Å². The van der Waals surface area contributed by atoms with Crippen molar-refractivity contribution in [2.75, 3.05) is 36.8 Å². The molecule has 0 radical (unpaired) electrons. The standard InChI is InChI=1S/C19H26N4O2S/c1-22(2)26(24,25)21-19-9-8-18(15-20-19)23-12-10-17(11-13-23)14-16-6-4-3-5-7-16/h3-9,15,17H,10-14H2,1-2H3,(H,20,21). The van der Waals surface area contributed by atoms with E-state index < -0.39 is 10.2 Å². The fourth-order valence-corrected chi connectivity index (χ4v) is 3.77. The zero-order chi connectivity index (χ0) is 18.6. The molecular formula is C19H26N4O2S. The normalized spacial score (nSPS) is 16.0. The van der Waals surface area contributed by atoms with Gasteiger partial charge in [-0.15, -0.1) is 0 Å². The van der Waals surface area contributed by atoms with E-state index in [1.54, 1.807) is 12.3 Å². The van der Waals surface area contributed by atoms with Crippen molar-refractivity contribution in [2.24, 2.45) is 5.92 Å². The largest absolute Gasteiger partial charge is 0.370 e. The summed E-state index contributed by atoms with van der Waals surface area (Å²) < 4.78 is 27.2. The van der Waals surface area contributed by atoms with Gasteiger partial charge in [-0.05, 0) is 42.9 Å². The molecule has 2 aromatic rings. The molecule has 3 rings (SSSR count). The monoisotopic (exact) mass is 374 g/mol. The second kappa shape index (κ2) is 8.05. The zero-order valence-corrected chi connectivity index (χ0v) is 16.1. The Hall–Kier alpha value is -2.12. The minimum atomic E-state index is -3.52. The van der Waals surface area contributed by atoms with Crippen LogP contribution in [0.15, 0.2) is 48.7 Å². The first kappa shape index (κ1) is 18.7. The Bertz CT molecular complexity index is 799. The van der Waals surface area contributed by atoms with Gasteiger partial charge in [0.2, 0.25) is 0 Å². The molecule has 1 fully saturated rings. The van der Waals surface area contributed by atoms with Crippen molar-refractivity contribution in [3.05, 3.63) is 54.2 Å².